The maximum Gasteiger partial charge on any atom is 0.258 e. The first-order chi connectivity index (χ1) is 15.6. The van der Waals surface area contributed by atoms with Crippen molar-refractivity contribution in [3.05, 3.63) is 70.3 Å². The third-order valence-corrected chi connectivity index (χ3v) is 5.82. The molecule has 1 aromatic heterocycles. The van der Waals surface area contributed by atoms with Crippen molar-refractivity contribution in [1.29, 1.82) is 5.26 Å². The lowest BCUT2D eigenvalue weighted by Gasteiger charge is -2.29. The molecule has 1 saturated carbocycles. The van der Waals surface area contributed by atoms with Crippen LogP contribution in [-0.2, 0) is 11.2 Å². The molecular weight excluding hydrogens is 404 g/mol. The van der Waals surface area contributed by atoms with Crippen molar-refractivity contribution in [1.82, 2.24) is 15.3 Å². The second-order valence-electron chi connectivity index (χ2n) is 8.15. The van der Waals surface area contributed by atoms with Crippen LogP contribution in [0.1, 0.15) is 49.9 Å². The highest BCUT2D eigenvalue weighted by molar-refractivity contribution is 5.77. The SMILES string of the molecule is N#Cc1ccccc1O[C@H]1CC[C@H](NC(=O)CCCc2nc3ccccc3c(=O)[nH]2)CC1. The third-order valence-electron chi connectivity index (χ3n) is 5.82. The summed E-state index contributed by atoms with van der Waals surface area (Å²) < 4.78 is 6.01. The van der Waals surface area contributed by atoms with Crippen LogP contribution in [0.4, 0.5) is 0 Å². The zero-order valence-corrected chi connectivity index (χ0v) is 17.8. The Kier molecular flexibility index (Phi) is 6.81. The van der Waals surface area contributed by atoms with E-state index < -0.39 is 0 Å². The van der Waals surface area contributed by atoms with Crippen LogP contribution in [0.25, 0.3) is 10.9 Å². The monoisotopic (exact) mass is 430 g/mol. The van der Waals surface area contributed by atoms with Gasteiger partial charge in [-0.25, -0.2) is 4.98 Å². The van der Waals surface area contributed by atoms with E-state index in [0.29, 0.717) is 47.3 Å². The lowest BCUT2D eigenvalue weighted by atomic mass is 9.92. The van der Waals surface area contributed by atoms with Crippen molar-refractivity contribution in [2.75, 3.05) is 0 Å². The Morgan fingerprint density at radius 3 is 2.69 bits per heavy atom. The summed E-state index contributed by atoms with van der Waals surface area (Å²) in [5, 5.41) is 12.9. The van der Waals surface area contributed by atoms with E-state index in [4.69, 9.17) is 4.74 Å². The predicted octanol–water partition coefficient (Wildman–Crippen LogP) is 3.62. The number of benzene rings is 2. The predicted molar refractivity (Wildman–Crippen MR) is 121 cm³/mol. The number of H-pyrrole nitrogens is 1. The Balaban J connectivity index is 1.20. The Morgan fingerprint density at radius 1 is 1.12 bits per heavy atom. The first-order valence-corrected chi connectivity index (χ1v) is 11.1. The van der Waals surface area contributed by atoms with E-state index in [-0.39, 0.29) is 23.6 Å². The van der Waals surface area contributed by atoms with Gasteiger partial charge in [0.1, 0.15) is 17.6 Å². The highest BCUT2D eigenvalue weighted by atomic mass is 16.5. The number of nitriles is 1. The van der Waals surface area contributed by atoms with Gasteiger partial charge in [0.2, 0.25) is 5.91 Å². The smallest absolute Gasteiger partial charge is 0.258 e. The molecule has 0 aliphatic heterocycles. The van der Waals surface area contributed by atoms with Gasteiger partial charge in [0.25, 0.3) is 5.56 Å². The van der Waals surface area contributed by atoms with Gasteiger partial charge in [-0.15, -0.1) is 0 Å². The van der Waals surface area contributed by atoms with Gasteiger partial charge in [0, 0.05) is 18.9 Å². The Labute approximate surface area is 186 Å². The van der Waals surface area contributed by atoms with Gasteiger partial charge in [-0.2, -0.15) is 5.26 Å². The minimum atomic E-state index is -0.147. The topological polar surface area (TPSA) is 108 Å². The molecule has 1 aliphatic carbocycles. The molecule has 1 fully saturated rings. The van der Waals surface area contributed by atoms with Gasteiger partial charge in [0.15, 0.2) is 0 Å². The lowest BCUT2D eigenvalue weighted by Crippen LogP contribution is -2.39. The average molecular weight is 431 g/mol. The number of rotatable bonds is 7. The number of para-hydroxylation sites is 2. The fourth-order valence-corrected chi connectivity index (χ4v) is 4.14. The molecule has 4 rings (SSSR count). The number of hydrogen-bond acceptors (Lipinski definition) is 5. The molecule has 164 valence electrons. The molecule has 0 radical (unpaired) electrons. The van der Waals surface area contributed by atoms with Gasteiger partial charge in [0.05, 0.1) is 22.6 Å². The number of aromatic nitrogens is 2. The fraction of sp³-hybridized carbons (Fsp3) is 0.360. The summed E-state index contributed by atoms with van der Waals surface area (Å²) in [6, 6.07) is 16.8. The largest absolute Gasteiger partial charge is 0.489 e. The molecule has 0 saturated heterocycles. The summed E-state index contributed by atoms with van der Waals surface area (Å²) in [6.07, 6.45) is 5.01. The van der Waals surface area contributed by atoms with Crippen LogP contribution in [0, 0.1) is 11.3 Å². The number of ether oxygens (including phenoxy) is 1. The molecule has 32 heavy (non-hydrogen) atoms. The van der Waals surface area contributed by atoms with E-state index in [1.165, 1.54) is 0 Å². The minimum absolute atomic E-state index is 0.0207. The third kappa shape index (κ3) is 5.33. The zero-order chi connectivity index (χ0) is 22.3. The Morgan fingerprint density at radius 2 is 1.88 bits per heavy atom. The zero-order valence-electron chi connectivity index (χ0n) is 17.8. The fourth-order valence-electron chi connectivity index (χ4n) is 4.14. The number of amides is 1. The summed E-state index contributed by atoms with van der Waals surface area (Å²) in [4.78, 5) is 31.8. The van der Waals surface area contributed by atoms with E-state index in [9.17, 15) is 14.9 Å². The van der Waals surface area contributed by atoms with E-state index in [0.717, 1.165) is 25.7 Å². The number of aryl methyl sites for hydroxylation is 1. The normalized spacial score (nSPS) is 18.1. The molecule has 1 aliphatic rings. The van der Waals surface area contributed by atoms with Gasteiger partial charge < -0.3 is 15.0 Å². The summed E-state index contributed by atoms with van der Waals surface area (Å²) in [6.45, 7) is 0. The summed E-state index contributed by atoms with van der Waals surface area (Å²) in [5.74, 6) is 1.26. The number of fused-ring (bicyclic) bond motifs is 1. The number of carbonyl (C=O) groups excluding carboxylic acids is 1. The molecule has 7 heteroatoms. The van der Waals surface area contributed by atoms with Crippen LogP contribution >= 0.6 is 0 Å². The molecule has 0 bridgehead atoms. The van der Waals surface area contributed by atoms with Gasteiger partial charge in [-0.1, -0.05) is 24.3 Å². The second-order valence-corrected chi connectivity index (χ2v) is 8.15. The van der Waals surface area contributed by atoms with Gasteiger partial charge in [-0.05, 0) is 56.4 Å². The molecule has 0 spiro atoms. The molecule has 2 N–H and O–H groups in total. The van der Waals surface area contributed by atoms with Crippen LogP contribution in [0.2, 0.25) is 0 Å². The van der Waals surface area contributed by atoms with Crippen LogP contribution in [0.3, 0.4) is 0 Å². The number of nitrogens with one attached hydrogen (secondary N) is 2. The molecule has 1 heterocycles. The van der Waals surface area contributed by atoms with Crippen molar-refractivity contribution < 1.29 is 9.53 Å². The summed E-state index contributed by atoms with van der Waals surface area (Å²) >= 11 is 0. The van der Waals surface area contributed by atoms with Gasteiger partial charge in [-0.3, -0.25) is 9.59 Å². The van der Waals surface area contributed by atoms with E-state index >= 15 is 0 Å². The standard InChI is InChI=1S/C25H26N4O3/c26-16-17-6-1-4-9-22(17)32-19-14-12-18(13-15-19)27-24(30)11-5-10-23-28-21-8-3-2-7-20(21)25(31)29-23/h1-4,6-9,18-19H,5,10-15H2,(H,27,30)(H,28,29,31)/t18-,19-. The van der Waals surface area contributed by atoms with Crippen molar-refractivity contribution in [3.8, 4) is 11.8 Å². The number of carbonyl (C=O) groups is 1. The van der Waals surface area contributed by atoms with Crippen molar-refractivity contribution in [3.63, 3.8) is 0 Å². The summed E-state index contributed by atoms with van der Waals surface area (Å²) in [5.41, 5.74) is 1.07. The summed E-state index contributed by atoms with van der Waals surface area (Å²) in [7, 11) is 0. The molecule has 1 amide bonds. The molecule has 0 unspecified atom stereocenters. The Hall–Kier alpha value is -3.66. The number of hydrogen-bond donors (Lipinski definition) is 2. The maximum atomic E-state index is 12.4. The Bertz CT molecular complexity index is 1190. The first kappa shape index (κ1) is 21.6. The number of nitrogens with zero attached hydrogens (tertiary/aromatic N) is 2. The lowest BCUT2D eigenvalue weighted by molar-refractivity contribution is -0.122. The van der Waals surface area contributed by atoms with Crippen LogP contribution in [-0.4, -0.2) is 28.0 Å². The van der Waals surface area contributed by atoms with E-state index in [1.54, 1.807) is 12.1 Å². The molecule has 3 aromatic rings. The average Bonchev–Trinajstić information content (AvgIpc) is 2.81. The van der Waals surface area contributed by atoms with Crippen molar-refractivity contribution in [2.24, 2.45) is 0 Å². The maximum absolute atomic E-state index is 12.4. The van der Waals surface area contributed by atoms with Crippen LogP contribution in [0.15, 0.2) is 53.3 Å². The van der Waals surface area contributed by atoms with E-state index in [2.05, 4.69) is 21.4 Å². The van der Waals surface area contributed by atoms with Crippen molar-refractivity contribution >= 4 is 16.8 Å². The van der Waals surface area contributed by atoms with Gasteiger partial charge >= 0.3 is 0 Å². The first-order valence-electron chi connectivity index (χ1n) is 11.1. The molecular formula is C25H26N4O3. The molecule has 0 atom stereocenters. The highest BCUT2D eigenvalue weighted by Gasteiger charge is 2.24. The second kappa shape index (κ2) is 10.1. The molecule has 7 nitrogen and oxygen atoms in total. The van der Waals surface area contributed by atoms with Crippen molar-refractivity contribution in [2.45, 2.75) is 57.1 Å². The number of aromatic amines is 1. The highest BCUT2D eigenvalue weighted by Crippen LogP contribution is 2.26. The van der Waals surface area contributed by atoms with Crippen LogP contribution < -0.4 is 15.6 Å². The van der Waals surface area contributed by atoms with E-state index in [1.807, 2.05) is 36.4 Å². The molecule has 2 aromatic carbocycles. The minimum Gasteiger partial charge on any atom is -0.489 e. The quantitative estimate of drug-likeness (QED) is 0.595. The van der Waals surface area contributed by atoms with Crippen LogP contribution in [0.5, 0.6) is 5.75 Å².